The summed E-state index contributed by atoms with van der Waals surface area (Å²) in [7, 11) is 3.49. The highest BCUT2D eigenvalue weighted by Crippen LogP contribution is 2.38. The van der Waals surface area contributed by atoms with Gasteiger partial charge in [0.15, 0.2) is 0 Å². The number of benzene rings is 1. The lowest BCUT2D eigenvalue weighted by Gasteiger charge is -2.35. The summed E-state index contributed by atoms with van der Waals surface area (Å²) in [5, 5.41) is 4.52. The monoisotopic (exact) mass is 377 g/mol. The van der Waals surface area contributed by atoms with Gasteiger partial charge in [-0.15, -0.1) is 0 Å². The number of aromatic amines is 1. The molecule has 7 nitrogen and oxygen atoms in total. The van der Waals surface area contributed by atoms with Gasteiger partial charge in [0.25, 0.3) is 0 Å². The quantitative estimate of drug-likeness (QED) is 0.714. The van der Waals surface area contributed by atoms with Gasteiger partial charge in [-0.05, 0) is 41.7 Å². The third-order valence-corrected chi connectivity index (χ3v) is 5.85. The molecule has 1 aliphatic carbocycles. The molecule has 3 heterocycles. The summed E-state index contributed by atoms with van der Waals surface area (Å²) in [6.45, 7) is 1.33. The second kappa shape index (κ2) is 6.68. The van der Waals surface area contributed by atoms with E-state index < -0.39 is 0 Å². The van der Waals surface area contributed by atoms with Crippen LogP contribution in [0.2, 0.25) is 0 Å². The maximum absolute atomic E-state index is 5.89. The van der Waals surface area contributed by atoms with Gasteiger partial charge >= 0.3 is 0 Å². The Hall–Kier alpha value is -2.77. The van der Waals surface area contributed by atoms with E-state index in [1.165, 1.54) is 16.8 Å². The number of aryl methyl sites for hydroxylation is 1. The third-order valence-electron chi connectivity index (χ3n) is 5.85. The molecule has 1 unspecified atom stereocenters. The molecule has 0 saturated carbocycles. The van der Waals surface area contributed by atoms with Gasteiger partial charge in [-0.25, -0.2) is 9.97 Å². The number of methoxy groups -OCH3 is 2. The molecule has 1 atom stereocenters. The molecule has 0 saturated heterocycles. The summed E-state index contributed by atoms with van der Waals surface area (Å²) >= 11 is 0. The number of anilines is 2. The van der Waals surface area contributed by atoms with Crippen LogP contribution in [-0.2, 0) is 28.9 Å². The van der Waals surface area contributed by atoms with Gasteiger partial charge in [0.2, 0.25) is 0 Å². The number of hydrogen-bond donors (Lipinski definition) is 2. The molecule has 2 aliphatic rings. The molecule has 7 heteroatoms. The highest BCUT2D eigenvalue weighted by atomic mass is 16.5. The van der Waals surface area contributed by atoms with Crippen LogP contribution in [0, 0.1) is 0 Å². The number of nitrogens with one attached hydrogen (secondary N) is 2. The van der Waals surface area contributed by atoms with E-state index in [1.807, 2.05) is 6.21 Å². The molecule has 0 radical (unpaired) electrons. The minimum absolute atomic E-state index is 0.311. The first kappa shape index (κ1) is 17.3. The highest BCUT2D eigenvalue weighted by molar-refractivity contribution is 5.94. The first-order chi connectivity index (χ1) is 13.7. The Morgan fingerprint density at radius 3 is 3.04 bits per heavy atom. The molecule has 0 fully saturated rings. The predicted octanol–water partition coefficient (Wildman–Crippen LogP) is 3.15. The van der Waals surface area contributed by atoms with Gasteiger partial charge < -0.3 is 19.8 Å². The van der Waals surface area contributed by atoms with Crippen molar-refractivity contribution in [2.45, 2.75) is 31.4 Å². The average Bonchev–Trinajstić information content (AvgIpc) is 3.32. The lowest BCUT2D eigenvalue weighted by molar-refractivity contribution is -0.0721. The molecular weight excluding hydrogens is 354 g/mol. The first-order valence-corrected chi connectivity index (χ1v) is 9.50. The van der Waals surface area contributed by atoms with Gasteiger partial charge in [-0.2, -0.15) is 0 Å². The molecule has 2 aromatic heterocycles. The lowest BCUT2D eigenvalue weighted by Crippen LogP contribution is -2.42. The van der Waals surface area contributed by atoms with Crippen LogP contribution in [0.5, 0.6) is 0 Å². The van der Waals surface area contributed by atoms with Crippen LogP contribution in [0.4, 0.5) is 11.5 Å². The lowest BCUT2D eigenvalue weighted by atomic mass is 9.83. The molecule has 144 valence electrons. The van der Waals surface area contributed by atoms with Gasteiger partial charge in [0.05, 0.1) is 24.1 Å². The zero-order valence-electron chi connectivity index (χ0n) is 16.1. The number of H-pyrrole nitrogens is 1. The molecule has 0 spiro atoms. The zero-order valence-corrected chi connectivity index (χ0v) is 16.1. The van der Waals surface area contributed by atoms with Crippen molar-refractivity contribution in [3.63, 3.8) is 0 Å². The van der Waals surface area contributed by atoms with Gasteiger partial charge in [-0.1, -0.05) is 6.07 Å². The Morgan fingerprint density at radius 2 is 2.18 bits per heavy atom. The second-order valence-corrected chi connectivity index (χ2v) is 7.53. The SMILES string of the molecule is COCC1(OC)CCc2[nH]c3ncnc(Nc4ccc5c(c4)C=NC5)c3c2C1. The van der Waals surface area contributed by atoms with E-state index in [-0.39, 0.29) is 5.60 Å². The number of ether oxygens (including phenoxy) is 2. The van der Waals surface area contributed by atoms with Gasteiger partial charge in [0.1, 0.15) is 17.8 Å². The van der Waals surface area contributed by atoms with E-state index in [2.05, 4.69) is 43.5 Å². The van der Waals surface area contributed by atoms with Crippen molar-refractivity contribution in [1.82, 2.24) is 15.0 Å². The topological polar surface area (TPSA) is 84.4 Å². The maximum Gasteiger partial charge on any atom is 0.143 e. The number of nitrogens with zero attached hydrogens (tertiary/aromatic N) is 3. The van der Waals surface area contributed by atoms with Crippen LogP contribution >= 0.6 is 0 Å². The first-order valence-electron chi connectivity index (χ1n) is 9.50. The normalized spacial score (nSPS) is 20.4. The zero-order chi connectivity index (χ0) is 19.1. The van der Waals surface area contributed by atoms with Crippen LogP contribution < -0.4 is 5.32 Å². The predicted molar refractivity (Wildman–Crippen MR) is 109 cm³/mol. The smallest absolute Gasteiger partial charge is 0.143 e. The third kappa shape index (κ3) is 2.78. The van der Waals surface area contributed by atoms with Crippen LogP contribution in [0.3, 0.4) is 0 Å². The Morgan fingerprint density at radius 1 is 1.25 bits per heavy atom. The molecule has 0 bridgehead atoms. The number of rotatable bonds is 5. The number of fused-ring (bicyclic) bond motifs is 4. The molecule has 28 heavy (non-hydrogen) atoms. The molecule has 1 aromatic carbocycles. The Kier molecular flexibility index (Phi) is 4.14. The largest absolute Gasteiger partial charge is 0.382 e. The van der Waals surface area contributed by atoms with Crippen LogP contribution in [0.25, 0.3) is 11.0 Å². The fraction of sp³-hybridized carbons (Fsp3) is 0.381. The van der Waals surface area contributed by atoms with Crippen molar-refractivity contribution in [2.24, 2.45) is 4.99 Å². The Balaban J connectivity index is 1.56. The van der Waals surface area contributed by atoms with Crippen molar-refractivity contribution >= 4 is 28.8 Å². The van der Waals surface area contributed by atoms with Crippen molar-refractivity contribution in [1.29, 1.82) is 0 Å². The standard InChI is InChI=1S/C21H23N5O2/c1-27-11-21(28-2)6-5-17-16(8-21)18-19(23-12-24-20(18)26-17)25-15-4-3-13-9-22-10-14(13)7-15/h3-4,7,10,12H,5-6,8-9,11H2,1-2H3,(H2,23,24,25,26). The average molecular weight is 377 g/mol. The maximum atomic E-state index is 5.89. The number of aliphatic imine (C=N–C) groups is 1. The molecule has 5 rings (SSSR count). The fourth-order valence-electron chi connectivity index (χ4n) is 4.34. The molecular formula is C21H23N5O2. The van der Waals surface area contributed by atoms with E-state index in [0.29, 0.717) is 6.61 Å². The van der Waals surface area contributed by atoms with Gasteiger partial charge in [-0.3, -0.25) is 4.99 Å². The van der Waals surface area contributed by atoms with Crippen molar-refractivity contribution in [3.05, 3.63) is 46.9 Å². The fourth-order valence-corrected chi connectivity index (χ4v) is 4.34. The van der Waals surface area contributed by atoms with E-state index in [0.717, 1.165) is 53.9 Å². The van der Waals surface area contributed by atoms with Crippen LogP contribution in [-0.4, -0.2) is 47.6 Å². The molecule has 0 amide bonds. The van der Waals surface area contributed by atoms with E-state index in [1.54, 1.807) is 20.5 Å². The van der Waals surface area contributed by atoms with Crippen molar-refractivity contribution in [2.75, 3.05) is 26.1 Å². The summed E-state index contributed by atoms with van der Waals surface area (Å²) < 4.78 is 11.3. The second-order valence-electron chi connectivity index (χ2n) is 7.53. The minimum Gasteiger partial charge on any atom is -0.382 e. The number of hydrogen-bond acceptors (Lipinski definition) is 6. The van der Waals surface area contributed by atoms with E-state index in [4.69, 9.17) is 9.47 Å². The summed E-state index contributed by atoms with van der Waals surface area (Å²) in [6, 6.07) is 6.30. The molecule has 2 N–H and O–H groups in total. The highest BCUT2D eigenvalue weighted by Gasteiger charge is 2.37. The Bertz CT molecular complexity index is 1070. The Labute approximate surface area is 163 Å². The number of aromatic nitrogens is 3. The summed E-state index contributed by atoms with van der Waals surface area (Å²) in [6.07, 6.45) is 6.10. The van der Waals surface area contributed by atoms with Crippen LogP contribution in [0.15, 0.2) is 29.5 Å². The minimum atomic E-state index is -0.311. The van der Waals surface area contributed by atoms with Crippen molar-refractivity contribution in [3.8, 4) is 0 Å². The summed E-state index contributed by atoms with van der Waals surface area (Å²) in [4.78, 5) is 16.8. The van der Waals surface area contributed by atoms with Crippen molar-refractivity contribution < 1.29 is 9.47 Å². The molecule has 1 aliphatic heterocycles. The summed E-state index contributed by atoms with van der Waals surface area (Å²) in [5.41, 5.74) is 6.37. The van der Waals surface area contributed by atoms with Crippen LogP contribution in [0.1, 0.15) is 28.8 Å². The van der Waals surface area contributed by atoms with E-state index >= 15 is 0 Å². The van der Waals surface area contributed by atoms with Gasteiger partial charge in [0, 0.05) is 38.2 Å². The summed E-state index contributed by atoms with van der Waals surface area (Å²) in [5.74, 6) is 0.807. The van der Waals surface area contributed by atoms with E-state index in [9.17, 15) is 0 Å². The molecule has 3 aromatic rings.